The Bertz CT molecular complexity index is 32.6. The summed E-state index contributed by atoms with van der Waals surface area (Å²) < 4.78 is 0. The Balaban J connectivity index is -0.0000000450. The largest absolute Gasteiger partial charge is 2.00 e. The summed E-state index contributed by atoms with van der Waals surface area (Å²) >= 11 is 0. The van der Waals surface area contributed by atoms with E-state index in [-0.39, 0.29) is 19.5 Å². The summed E-state index contributed by atoms with van der Waals surface area (Å²) in [6.45, 7) is 3.58. The Morgan fingerprint density at radius 2 is 0.462 bits per heavy atom. The molecule has 12 N–H and O–H groups in total. The SMILES string of the molecule is NCCN.NCCN.NCCN.[Zn+2]. The zero-order valence-electron chi connectivity index (χ0n) is 8.41. The fraction of sp³-hybridized carbons (Fsp3) is 1.00. The summed E-state index contributed by atoms with van der Waals surface area (Å²) in [7, 11) is 0. The van der Waals surface area contributed by atoms with Gasteiger partial charge in [-0.05, 0) is 0 Å². The van der Waals surface area contributed by atoms with Gasteiger partial charge in [0, 0.05) is 39.3 Å². The zero-order chi connectivity index (χ0) is 10.2. The standard InChI is InChI=1S/3C2H8N2.Zn/c3*3-1-2-4;/h3*1-4H2;/q;;;+2. The average Bonchev–Trinajstić information content (AvgIpc) is 2.18. The van der Waals surface area contributed by atoms with E-state index in [9.17, 15) is 0 Å². The summed E-state index contributed by atoms with van der Waals surface area (Å²) in [5.41, 5.74) is 29.4. The molecule has 0 radical (unpaired) electrons. The van der Waals surface area contributed by atoms with Gasteiger partial charge in [-0.15, -0.1) is 0 Å². The maximum Gasteiger partial charge on any atom is 2.00 e. The van der Waals surface area contributed by atoms with Crippen molar-refractivity contribution in [1.29, 1.82) is 0 Å². The monoisotopic (exact) mass is 244 g/mol. The van der Waals surface area contributed by atoms with Crippen LogP contribution in [0.5, 0.6) is 0 Å². The average molecular weight is 246 g/mol. The Kier molecular flexibility index (Phi) is 70.6. The molecule has 0 aromatic heterocycles. The van der Waals surface area contributed by atoms with Crippen molar-refractivity contribution in [2.75, 3.05) is 39.3 Å². The molecule has 0 fully saturated rings. The van der Waals surface area contributed by atoms with Crippen LogP contribution in [0.1, 0.15) is 0 Å². The molecule has 0 aliphatic rings. The van der Waals surface area contributed by atoms with Crippen LogP contribution in [0.3, 0.4) is 0 Å². The zero-order valence-corrected chi connectivity index (χ0v) is 11.4. The first-order chi connectivity index (χ1) is 5.74. The quantitative estimate of drug-likeness (QED) is 0.286. The van der Waals surface area contributed by atoms with Gasteiger partial charge in [-0.2, -0.15) is 0 Å². The van der Waals surface area contributed by atoms with E-state index in [1.54, 1.807) is 0 Å². The summed E-state index contributed by atoms with van der Waals surface area (Å²) in [6.07, 6.45) is 0. The maximum absolute atomic E-state index is 4.90. The molecule has 0 amide bonds. The third kappa shape index (κ3) is 117. The molecule has 78 valence electrons. The second-order valence-electron chi connectivity index (χ2n) is 1.73. The summed E-state index contributed by atoms with van der Waals surface area (Å²) in [5.74, 6) is 0. The minimum atomic E-state index is 0. The Labute approximate surface area is 93.5 Å². The van der Waals surface area contributed by atoms with Crippen molar-refractivity contribution in [3.05, 3.63) is 0 Å². The smallest absolute Gasteiger partial charge is 0.329 e. The molecule has 7 heteroatoms. The molecular weight excluding hydrogens is 221 g/mol. The van der Waals surface area contributed by atoms with Gasteiger partial charge in [0.25, 0.3) is 0 Å². The predicted octanol–water partition coefficient (Wildman–Crippen LogP) is -3.29. The third-order valence-corrected chi connectivity index (χ3v) is 0.500. The number of hydrogen-bond acceptors (Lipinski definition) is 6. The molecule has 0 aromatic carbocycles. The van der Waals surface area contributed by atoms with E-state index in [1.807, 2.05) is 0 Å². The van der Waals surface area contributed by atoms with Gasteiger partial charge in [0.15, 0.2) is 0 Å². The fourth-order valence-electron chi connectivity index (χ4n) is 0. The summed E-state index contributed by atoms with van der Waals surface area (Å²) in [5, 5.41) is 0. The van der Waals surface area contributed by atoms with Crippen LogP contribution in [0.15, 0.2) is 0 Å². The van der Waals surface area contributed by atoms with Crippen molar-refractivity contribution in [3.63, 3.8) is 0 Å². The van der Waals surface area contributed by atoms with E-state index in [0.717, 1.165) is 0 Å². The summed E-state index contributed by atoms with van der Waals surface area (Å²) in [6, 6.07) is 0. The molecule has 0 saturated carbocycles. The van der Waals surface area contributed by atoms with E-state index >= 15 is 0 Å². The van der Waals surface area contributed by atoms with Crippen molar-refractivity contribution in [2.45, 2.75) is 0 Å². The minimum absolute atomic E-state index is 0. The predicted molar refractivity (Wildman–Crippen MR) is 54.3 cm³/mol. The third-order valence-electron chi connectivity index (χ3n) is 0.500. The first kappa shape index (κ1) is 23.3. The Morgan fingerprint density at radius 3 is 0.462 bits per heavy atom. The number of hydrogen-bond donors (Lipinski definition) is 6. The van der Waals surface area contributed by atoms with Gasteiger partial charge in [-0.25, -0.2) is 0 Å². The van der Waals surface area contributed by atoms with E-state index < -0.39 is 0 Å². The van der Waals surface area contributed by atoms with E-state index in [0.29, 0.717) is 39.3 Å². The minimum Gasteiger partial charge on any atom is -0.329 e. The second-order valence-corrected chi connectivity index (χ2v) is 1.73. The van der Waals surface area contributed by atoms with Crippen LogP contribution in [0.4, 0.5) is 0 Å². The van der Waals surface area contributed by atoms with Crippen LogP contribution >= 0.6 is 0 Å². The van der Waals surface area contributed by atoms with E-state index in [1.165, 1.54) is 0 Å². The molecular formula is C6H24N6Zn+2. The van der Waals surface area contributed by atoms with Crippen LogP contribution in [0.2, 0.25) is 0 Å². The first-order valence-electron chi connectivity index (χ1n) is 3.95. The molecule has 6 nitrogen and oxygen atoms in total. The van der Waals surface area contributed by atoms with E-state index in [4.69, 9.17) is 34.4 Å². The van der Waals surface area contributed by atoms with Crippen molar-refractivity contribution < 1.29 is 19.5 Å². The Hall–Kier alpha value is 0.383. The molecule has 0 rings (SSSR count). The van der Waals surface area contributed by atoms with Crippen LogP contribution in [0, 0.1) is 0 Å². The van der Waals surface area contributed by atoms with Gasteiger partial charge in [0.2, 0.25) is 0 Å². The molecule has 0 aliphatic heterocycles. The number of nitrogens with two attached hydrogens (primary N) is 6. The molecule has 0 bridgehead atoms. The van der Waals surface area contributed by atoms with Crippen LogP contribution in [-0.2, 0) is 19.5 Å². The van der Waals surface area contributed by atoms with Crippen molar-refractivity contribution in [2.24, 2.45) is 34.4 Å². The van der Waals surface area contributed by atoms with Gasteiger partial charge >= 0.3 is 19.5 Å². The maximum atomic E-state index is 4.90. The first-order valence-corrected chi connectivity index (χ1v) is 3.95. The second kappa shape index (κ2) is 39.4. The van der Waals surface area contributed by atoms with Crippen molar-refractivity contribution in [3.8, 4) is 0 Å². The molecule has 0 atom stereocenters. The van der Waals surface area contributed by atoms with Gasteiger partial charge in [-0.1, -0.05) is 0 Å². The van der Waals surface area contributed by atoms with Gasteiger partial charge in [0.1, 0.15) is 0 Å². The molecule has 0 heterocycles. The van der Waals surface area contributed by atoms with Crippen molar-refractivity contribution in [1.82, 2.24) is 0 Å². The van der Waals surface area contributed by atoms with Crippen molar-refractivity contribution >= 4 is 0 Å². The van der Waals surface area contributed by atoms with Gasteiger partial charge in [-0.3, -0.25) is 0 Å². The van der Waals surface area contributed by atoms with Crippen LogP contribution in [0.25, 0.3) is 0 Å². The van der Waals surface area contributed by atoms with E-state index in [2.05, 4.69) is 0 Å². The molecule has 0 aliphatic carbocycles. The van der Waals surface area contributed by atoms with Gasteiger partial charge < -0.3 is 34.4 Å². The molecule has 13 heavy (non-hydrogen) atoms. The summed E-state index contributed by atoms with van der Waals surface area (Å²) in [4.78, 5) is 0. The van der Waals surface area contributed by atoms with Crippen LogP contribution in [-0.4, -0.2) is 39.3 Å². The normalized spacial score (nSPS) is 6.92. The number of rotatable bonds is 3. The topological polar surface area (TPSA) is 156 Å². The molecule has 0 unspecified atom stereocenters. The fourth-order valence-corrected chi connectivity index (χ4v) is 0. The Morgan fingerprint density at radius 1 is 0.385 bits per heavy atom. The molecule has 0 aromatic rings. The van der Waals surface area contributed by atoms with Gasteiger partial charge in [0.05, 0.1) is 0 Å². The molecule has 0 saturated heterocycles. The molecule has 0 spiro atoms. The van der Waals surface area contributed by atoms with Crippen LogP contribution < -0.4 is 34.4 Å².